The van der Waals surface area contributed by atoms with E-state index < -0.39 is 5.82 Å². The van der Waals surface area contributed by atoms with Gasteiger partial charge in [0.05, 0.1) is 5.69 Å². The lowest BCUT2D eigenvalue weighted by Gasteiger charge is -2.30. The quantitative estimate of drug-likeness (QED) is 0.772. The smallest absolute Gasteiger partial charge is 0.234 e. The maximum Gasteiger partial charge on any atom is 0.234 e. The number of carbonyl (C=O) groups excluding carboxylic acids is 2. The van der Waals surface area contributed by atoms with Crippen molar-refractivity contribution in [3.63, 3.8) is 0 Å². The van der Waals surface area contributed by atoms with Crippen molar-refractivity contribution in [2.75, 3.05) is 4.90 Å². The number of aryl methyl sites for hydroxylation is 1. The van der Waals surface area contributed by atoms with E-state index in [4.69, 9.17) is 11.6 Å². The van der Waals surface area contributed by atoms with E-state index >= 15 is 0 Å². The van der Waals surface area contributed by atoms with Crippen molar-refractivity contribution < 1.29 is 14.0 Å². The summed E-state index contributed by atoms with van der Waals surface area (Å²) in [7, 11) is 0. The molecule has 0 radical (unpaired) electrons. The molecule has 2 amide bonds. The van der Waals surface area contributed by atoms with Gasteiger partial charge in [0, 0.05) is 23.8 Å². The Hall–Kier alpha value is -2.20. The van der Waals surface area contributed by atoms with Crippen molar-refractivity contribution in [3.05, 3.63) is 64.4 Å². The molecular formula is C18H15ClFNO2. The first-order valence-electron chi connectivity index (χ1n) is 7.33. The van der Waals surface area contributed by atoms with Crippen molar-refractivity contribution in [1.29, 1.82) is 0 Å². The fourth-order valence-corrected chi connectivity index (χ4v) is 2.92. The molecule has 2 aromatic carbocycles. The van der Waals surface area contributed by atoms with Gasteiger partial charge in [-0.05, 0) is 42.3 Å². The van der Waals surface area contributed by atoms with Crippen LogP contribution in [0.2, 0.25) is 5.02 Å². The van der Waals surface area contributed by atoms with Crippen LogP contribution in [-0.2, 0) is 9.59 Å². The molecule has 0 spiro atoms. The van der Waals surface area contributed by atoms with Gasteiger partial charge in [-0.25, -0.2) is 4.39 Å². The predicted molar refractivity (Wildman–Crippen MR) is 87.1 cm³/mol. The number of hydrogen-bond acceptors (Lipinski definition) is 2. The number of amides is 2. The Balaban J connectivity index is 1.85. The predicted octanol–water partition coefficient (Wildman–Crippen LogP) is 4.22. The van der Waals surface area contributed by atoms with Crippen LogP contribution < -0.4 is 4.90 Å². The minimum atomic E-state index is -0.428. The minimum absolute atomic E-state index is 0.168. The van der Waals surface area contributed by atoms with Crippen molar-refractivity contribution >= 4 is 29.1 Å². The fourth-order valence-electron chi connectivity index (χ4n) is 2.79. The third kappa shape index (κ3) is 3.13. The Morgan fingerprint density at radius 1 is 1.04 bits per heavy atom. The molecule has 0 saturated carbocycles. The summed E-state index contributed by atoms with van der Waals surface area (Å²) in [6.45, 7) is 1.63. The fraction of sp³-hybridized carbons (Fsp3) is 0.222. The highest BCUT2D eigenvalue weighted by Crippen LogP contribution is 2.33. The van der Waals surface area contributed by atoms with Crippen molar-refractivity contribution in [3.8, 4) is 0 Å². The first-order chi connectivity index (χ1) is 11.0. The monoisotopic (exact) mass is 331 g/mol. The summed E-state index contributed by atoms with van der Waals surface area (Å²) in [4.78, 5) is 25.9. The van der Waals surface area contributed by atoms with E-state index in [1.165, 1.54) is 6.07 Å². The summed E-state index contributed by atoms with van der Waals surface area (Å²) in [5.74, 6) is -1.23. The number of hydrogen-bond donors (Lipinski definition) is 0. The zero-order valence-corrected chi connectivity index (χ0v) is 13.3. The molecule has 23 heavy (non-hydrogen) atoms. The van der Waals surface area contributed by atoms with Crippen LogP contribution in [0.25, 0.3) is 0 Å². The molecule has 0 aliphatic carbocycles. The highest BCUT2D eigenvalue weighted by Gasteiger charge is 2.34. The first kappa shape index (κ1) is 15.7. The number of piperidine rings is 1. The van der Waals surface area contributed by atoms with Gasteiger partial charge < -0.3 is 0 Å². The van der Waals surface area contributed by atoms with Gasteiger partial charge in [-0.15, -0.1) is 0 Å². The molecule has 0 N–H and O–H groups in total. The van der Waals surface area contributed by atoms with E-state index in [9.17, 15) is 14.0 Å². The SMILES string of the molecule is Cc1ccc(N2C(=O)CC(c3ccc(Cl)cc3)CC2=O)cc1F. The average Bonchev–Trinajstić information content (AvgIpc) is 2.51. The second-order valence-electron chi connectivity index (χ2n) is 5.71. The first-order valence-corrected chi connectivity index (χ1v) is 7.71. The van der Waals surface area contributed by atoms with Gasteiger partial charge in [0.15, 0.2) is 0 Å². The van der Waals surface area contributed by atoms with Crippen LogP contribution in [0.3, 0.4) is 0 Å². The number of nitrogens with zero attached hydrogens (tertiary/aromatic N) is 1. The van der Waals surface area contributed by atoms with Crippen LogP contribution in [0.5, 0.6) is 0 Å². The molecule has 1 fully saturated rings. The second kappa shape index (κ2) is 6.13. The van der Waals surface area contributed by atoms with Crippen molar-refractivity contribution in [2.24, 2.45) is 0 Å². The van der Waals surface area contributed by atoms with Crippen LogP contribution in [0, 0.1) is 12.7 Å². The van der Waals surface area contributed by atoms with E-state index in [0.717, 1.165) is 10.5 Å². The zero-order valence-electron chi connectivity index (χ0n) is 12.6. The maximum absolute atomic E-state index is 13.7. The molecule has 1 aliphatic rings. The number of benzene rings is 2. The summed E-state index contributed by atoms with van der Waals surface area (Å²) in [6, 6.07) is 11.5. The van der Waals surface area contributed by atoms with Crippen molar-refractivity contribution in [2.45, 2.75) is 25.7 Å². The molecular weight excluding hydrogens is 317 g/mol. The number of imide groups is 1. The van der Waals surface area contributed by atoms with E-state index in [2.05, 4.69) is 0 Å². The highest BCUT2D eigenvalue weighted by atomic mass is 35.5. The summed E-state index contributed by atoms with van der Waals surface area (Å²) >= 11 is 5.86. The molecule has 1 saturated heterocycles. The summed E-state index contributed by atoms with van der Waals surface area (Å²) < 4.78 is 13.7. The number of anilines is 1. The molecule has 2 aromatic rings. The van der Waals surface area contributed by atoms with Gasteiger partial charge in [0.25, 0.3) is 0 Å². The molecule has 0 atom stereocenters. The second-order valence-corrected chi connectivity index (χ2v) is 6.15. The maximum atomic E-state index is 13.7. The van der Waals surface area contributed by atoms with Gasteiger partial charge in [-0.2, -0.15) is 0 Å². The Morgan fingerprint density at radius 3 is 2.22 bits per heavy atom. The lowest BCUT2D eigenvalue weighted by atomic mass is 9.88. The number of carbonyl (C=O) groups is 2. The molecule has 1 aliphatic heterocycles. The molecule has 0 bridgehead atoms. The lowest BCUT2D eigenvalue weighted by molar-refractivity contribution is -0.129. The molecule has 1 heterocycles. The van der Waals surface area contributed by atoms with Gasteiger partial charge in [0.1, 0.15) is 5.82 Å². The molecule has 0 unspecified atom stereocenters. The average molecular weight is 332 g/mol. The third-order valence-corrected chi connectivity index (χ3v) is 4.35. The van der Waals surface area contributed by atoms with E-state index in [1.54, 1.807) is 31.2 Å². The standard InChI is InChI=1S/C18H15ClFNO2/c1-11-2-7-15(10-16(11)20)21-17(22)8-13(9-18(21)23)12-3-5-14(19)6-4-12/h2-7,10,13H,8-9H2,1H3. The van der Waals surface area contributed by atoms with Crippen molar-refractivity contribution in [1.82, 2.24) is 0 Å². The number of rotatable bonds is 2. The molecule has 5 heteroatoms. The third-order valence-electron chi connectivity index (χ3n) is 4.10. The van der Waals surface area contributed by atoms with Gasteiger partial charge >= 0.3 is 0 Å². The zero-order chi connectivity index (χ0) is 16.6. The molecule has 3 rings (SSSR count). The van der Waals surface area contributed by atoms with Gasteiger partial charge in [-0.1, -0.05) is 29.8 Å². The lowest BCUT2D eigenvalue weighted by Crippen LogP contribution is -2.42. The van der Waals surface area contributed by atoms with Gasteiger partial charge in [0.2, 0.25) is 11.8 Å². The summed E-state index contributed by atoms with van der Waals surface area (Å²) in [6.07, 6.45) is 0.422. The summed E-state index contributed by atoms with van der Waals surface area (Å²) in [5, 5.41) is 0.610. The molecule has 118 valence electrons. The van der Waals surface area contributed by atoms with E-state index in [-0.39, 0.29) is 36.3 Å². The number of halogens is 2. The normalized spacial score (nSPS) is 16.0. The van der Waals surface area contributed by atoms with Crippen LogP contribution in [-0.4, -0.2) is 11.8 Å². The topological polar surface area (TPSA) is 37.4 Å². The Labute approximate surface area is 138 Å². The Bertz CT molecular complexity index is 755. The highest BCUT2D eigenvalue weighted by molar-refractivity contribution is 6.30. The molecule has 3 nitrogen and oxygen atoms in total. The van der Waals surface area contributed by atoms with E-state index in [1.807, 2.05) is 12.1 Å². The van der Waals surface area contributed by atoms with Crippen LogP contribution in [0.15, 0.2) is 42.5 Å². The minimum Gasteiger partial charge on any atom is -0.274 e. The van der Waals surface area contributed by atoms with Crippen LogP contribution in [0.4, 0.5) is 10.1 Å². The summed E-state index contributed by atoms with van der Waals surface area (Å²) in [5.41, 5.74) is 1.67. The largest absolute Gasteiger partial charge is 0.274 e. The molecule has 0 aromatic heterocycles. The van der Waals surface area contributed by atoms with Crippen LogP contribution >= 0.6 is 11.6 Å². The van der Waals surface area contributed by atoms with Crippen LogP contribution in [0.1, 0.15) is 29.9 Å². The van der Waals surface area contributed by atoms with Gasteiger partial charge in [-0.3, -0.25) is 14.5 Å². The van der Waals surface area contributed by atoms with E-state index in [0.29, 0.717) is 10.6 Å². The Morgan fingerprint density at radius 2 is 1.65 bits per heavy atom. The Kier molecular flexibility index (Phi) is 4.18.